The highest BCUT2D eigenvalue weighted by atomic mass is 19.4. The van der Waals surface area contributed by atoms with Crippen LogP contribution >= 0.6 is 0 Å². The summed E-state index contributed by atoms with van der Waals surface area (Å²) in [5.74, 6) is -4.06. The Balaban J connectivity index is 0.000000509. The van der Waals surface area contributed by atoms with E-state index in [1.807, 2.05) is 66.5 Å². The summed E-state index contributed by atoms with van der Waals surface area (Å²) in [4.78, 5) is 37.3. The van der Waals surface area contributed by atoms with Gasteiger partial charge in [0.2, 0.25) is 5.91 Å². The van der Waals surface area contributed by atoms with Crippen molar-refractivity contribution in [1.82, 2.24) is 5.32 Å². The first-order chi connectivity index (χ1) is 16.0. The fourth-order valence-corrected chi connectivity index (χ4v) is 3.42. The molecule has 0 saturated carbocycles. The zero-order valence-electron chi connectivity index (χ0n) is 18.5. The van der Waals surface area contributed by atoms with E-state index in [-0.39, 0.29) is 18.9 Å². The standard InChI is InChI=1S/C21H25N3O3.C2HF3O2/c1-23-12-7-13-24(19-11-6-5-10-18(19)23)15-20(25)22-17(21(26)27)14-16-8-3-2-4-9-16;3-2(4,5)1(6)7/h2-6,8-11,17H,7,12-15H2,1H3,(H,22,25)(H,26,27);(H,6,7)/t17-;/m0./s1. The number of hydrogen-bond donors (Lipinski definition) is 3. The van der Waals surface area contributed by atoms with Crippen molar-refractivity contribution in [3.8, 4) is 0 Å². The fraction of sp³-hybridized carbons (Fsp3) is 0.348. The predicted octanol–water partition coefficient (Wildman–Crippen LogP) is 2.78. The van der Waals surface area contributed by atoms with Crippen LogP contribution in [0.15, 0.2) is 54.6 Å². The number of carbonyl (C=O) groups is 3. The van der Waals surface area contributed by atoms with Gasteiger partial charge < -0.3 is 25.3 Å². The maximum atomic E-state index is 12.6. The van der Waals surface area contributed by atoms with Crippen LogP contribution in [0.4, 0.5) is 24.5 Å². The molecule has 11 heteroatoms. The molecule has 8 nitrogen and oxygen atoms in total. The largest absolute Gasteiger partial charge is 0.490 e. The Morgan fingerprint density at radius 1 is 0.971 bits per heavy atom. The van der Waals surface area contributed by atoms with Gasteiger partial charge in [-0.25, -0.2) is 9.59 Å². The molecule has 34 heavy (non-hydrogen) atoms. The number of carboxylic acid groups (broad SMARTS) is 2. The summed E-state index contributed by atoms with van der Waals surface area (Å²) in [5, 5.41) is 19.3. The summed E-state index contributed by atoms with van der Waals surface area (Å²) in [6.45, 7) is 1.81. The topological polar surface area (TPSA) is 110 Å². The van der Waals surface area contributed by atoms with E-state index in [4.69, 9.17) is 9.90 Å². The van der Waals surface area contributed by atoms with Crippen LogP contribution in [0.1, 0.15) is 12.0 Å². The normalized spacial score (nSPS) is 14.1. The molecule has 0 aromatic heterocycles. The number of rotatable bonds is 6. The van der Waals surface area contributed by atoms with E-state index in [9.17, 15) is 27.9 Å². The van der Waals surface area contributed by atoms with Gasteiger partial charge in [-0.1, -0.05) is 42.5 Å². The lowest BCUT2D eigenvalue weighted by Gasteiger charge is -2.26. The summed E-state index contributed by atoms with van der Waals surface area (Å²) in [7, 11) is 2.04. The molecule has 2 aromatic carbocycles. The number of benzene rings is 2. The number of para-hydroxylation sites is 2. The van der Waals surface area contributed by atoms with E-state index in [0.717, 1.165) is 36.4 Å². The molecular formula is C23H26F3N3O5. The Hall–Kier alpha value is -3.76. The predicted molar refractivity (Wildman–Crippen MR) is 120 cm³/mol. The van der Waals surface area contributed by atoms with E-state index >= 15 is 0 Å². The van der Waals surface area contributed by atoms with E-state index < -0.39 is 24.2 Å². The van der Waals surface area contributed by atoms with Crippen molar-refractivity contribution < 1.29 is 37.8 Å². The smallest absolute Gasteiger partial charge is 0.480 e. The number of halogens is 3. The molecule has 0 fully saturated rings. The molecule has 0 spiro atoms. The van der Waals surface area contributed by atoms with E-state index in [2.05, 4.69) is 10.2 Å². The summed E-state index contributed by atoms with van der Waals surface area (Å²) in [6.07, 6.45) is -3.88. The quantitative estimate of drug-likeness (QED) is 0.582. The van der Waals surface area contributed by atoms with Gasteiger partial charge in [-0.3, -0.25) is 4.79 Å². The first-order valence-corrected chi connectivity index (χ1v) is 10.4. The zero-order chi connectivity index (χ0) is 25.3. The van der Waals surface area contributed by atoms with Crippen molar-refractivity contribution in [2.75, 3.05) is 36.5 Å². The third-order valence-electron chi connectivity index (χ3n) is 5.05. The Bertz CT molecular complexity index is 985. The number of amides is 1. The lowest BCUT2D eigenvalue weighted by atomic mass is 10.1. The third kappa shape index (κ3) is 7.98. The molecule has 184 valence electrons. The average Bonchev–Trinajstić information content (AvgIpc) is 2.93. The van der Waals surface area contributed by atoms with Crippen LogP contribution in [0.3, 0.4) is 0 Å². The summed E-state index contributed by atoms with van der Waals surface area (Å²) >= 11 is 0. The Labute approximate surface area is 194 Å². The average molecular weight is 481 g/mol. The molecule has 1 aliphatic rings. The Morgan fingerprint density at radius 2 is 1.53 bits per heavy atom. The second-order valence-corrected chi connectivity index (χ2v) is 7.64. The second-order valence-electron chi connectivity index (χ2n) is 7.64. The minimum Gasteiger partial charge on any atom is -0.480 e. The number of nitrogens with zero attached hydrogens (tertiary/aromatic N) is 2. The van der Waals surface area contributed by atoms with Gasteiger partial charge in [0, 0.05) is 26.6 Å². The second kappa shape index (κ2) is 11.9. The molecule has 0 bridgehead atoms. The number of aliphatic carboxylic acids is 2. The summed E-state index contributed by atoms with van der Waals surface area (Å²) < 4.78 is 31.7. The van der Waals surface area contributed by atoms with E-state index in [1.54, 1.807) is 0 Å². The van der Waals surface area contributed by atoms with Gasteiger partial charge in [0.15, 0.2) is 0 Å². The van der Waals surface area contributed by atoms with Crippen LogP contribution in [-0.2, 0) is 20.8 Å². The molecule has 1 atom stereocenters. The van der Waals surface area contributed by atoms with Crippen molar-refractivity contribution in [3.05, 3.63) is 60.2 Å². The van der Waals surface area contributed by atoms with Crippen LogP contribution in [0, 0.1) is 0 Å². The minimum absolute atomic E-state index is 0.142. The van der Waals surface area contributed by atoms with Gasteiger partial charge in [-0.15, -0.1) is 0 Å². The van der Waals surface area contributed by atoms with Crippen molar-refractivity contribution >= 4 is 29.2 Å². The lowest BCUT2D eigenvalue weighted by molar-refractivity contribution is -0.192. The van der Waals surface area contributed by atoms with Gasteiger partial charge >= 0.3 is 18.1 Å². The van der Waals surface area contributed by atoms with Crippen molar-refractivity contribution in [2.45, 2.75) is 25.1 Å². The molecule has 0 saturated heterocycles. The monoisotopic (exact) mass is 481 g/mol. The van der Waals surface area contributed by atoms with Gasteiger partial charge in [-0.05, 0) is 24.1 Å². The van der Waals surface area contributed by atoms with Gasteiger partial charge in [0.25, 0.3) is 0 Å². The van der Waals surface area contributed by atoms with Crippen molar-refractivity contribution in [2.24, 2.45) is 0 Å². The Kier molecular flexibility index (Phi) is 9.28. The van der Waals surface area contributed by atoms with Crippen LogP contribution in [-0.4, -0.2) is 67.0 Å². The molecule has 1 amide bonds. The van der Waals surface area contributed by atoms with Crippen molar-refractivity contribution in [1.29, 1.82) is 0 Å². The molecule has 2 aromatic rings. The fourth-order valence-electron chi connectivity index (χ4n) is 3.42. The summed E-state index contributed by atoms with van der Waals surface area (Å²) in [5.41, 5.74) is 2.97. The molecule has 3 N–H and O–H groups in total. The maximum Gasteiger partial charge on any atom is 0.490 e. The number of nitrogens with one attached hydrogen (secondary N) is 1. The summed E-state index contributed by atoms with van der Waals surface area (Å²) in [6, 6.07) is 16.4. The number of carbonyl (C=O) groups excluding carboxylic acids is 1. The molecule has 1 heterocycles. The van der Waals surface area contributed by atoms with E-state index in [0.29, 0.717) is 0 Å². The molecule has 1 aliphatic heterocycles. The zero-order valence-corrected chi connectivity index (χ0v) is 18.5. The first-order valence-electron chi connectivity index (χ1n) is 10.4. The first kappa shape index (κ1) is 26.5. The van der Waals surface area contributed by atoms with Crippen LogP contribution in [0.25, 0.3) is 0 Å². The van der Waals surface area contributed by atoms with Gasteiger partial charge in [0.05, 0.1) is 17.9 Å². The van der Waals surface area contributed by atoms with Crippen molar-refractivity contribution in [3.63, 3.8) is 0 Å². The molecule has 0 radical (unpaired) electrons. The highest BCUT2D eigenvalue weighted by Gasteiger charge is 2.38. The molecule has 3 rings (SSSR count). The highest BCUT2D eigenvalue weighted by molar-refractivity contribution is 5.88. The lowest BCUT2D eigenvalue weighted by Crippen LogP contribution is -2.46. The molecule has 0 unspecified atom stereocenters. The van der Waals surface area contributed by atoms with Gasteiger partial charge in [-0.2, -0.15) is 13.2 Å². The van der Waals surface area contributed by atoms with E-state index in [1.165, 1.54) is 0 Å². The van der Waals surface area contributed by atoms with Crippen LogP contribution in [0.5, 0.6) is 0 Å². The van der Waals surface area contributed by atoms with Crippen LogP contribution < -0.4 is 15.1 Å². The maximum absolute atomic E-state index is 12.6. The minimum atomic E-state index is -5.08. The SMILES string of the molecule is CN1CCCN(CC(=O)N[C@@H](Cc2ccccc2)C(=O)O)c2ccccc21.O=C(O)C(F)(F)F. The molecular weight excluding hydrogens is 455 g/mol. The highest BCUT2D eigenvalue weighted by Crippen LogP contribution is 2.30. The van der Waals surface area contributed by atoms with Crippen LogP contribution in [0.2, 0.25) is 0 Å². The third-order valence-corrected chi connectivity index (χ3v) is 5.05. The Morgan fingerprint density at radius 3 is 2.09 bits per heavy atom. The number of carboxylic acids is 2. The number of hydrogen-bond acceptors (Lipinski definition) is 5. The number of anilines is 2. The number of alkyl halides is 3. The molecule has 0 aliphatic carbocycles. The number of fused-ring (bicyclic) bond motifs is 1. The van der Waals surface area contributed by atoms with Gasteiger partial charge in [0.1, 0.15) is 6.04 Å².